The van der Waals surface area contributed by atoms with Crippen LogP contribution in [-0.2, 0) is 14.3 Å². The topological polar surface area (TPSA) is 91.0 Å². The van der Waals surface area contributed by atoms with Gasteiger partial charge in [0.25, 0.3) is 11.8 Å². The zero-order chi connectivity index (χ0) is 28.0. The number of anilines is 2. The second-order valence-corrected chi connectivity index (χ2v) is 10.7. The minimum Gasteiger partial charge on any atom is -0.370 e. The number of carbonyl (C=O) groups is 3. The van der Waals surface area contributed by atoms with Crippen LogP contribution in [0.3, 0.4) is 0 Å². The van der Waals surface area contributed by atoms with Gasteiger partial charge in [-0.3, -0.25) is 19.3 Å². The molecule has 38 heavy (non-hydrogen) atoms. The van der Waals surface area contributed by atoms with Gasteiger partial charge < -0.3 is 20.3 Å². The lowest BCUT2D eigenvalue weighted by molar-refractivity contribution is -0.154. The molecule has 0 radical (unpaired) electrons. The molecular weight excluding hydrogens is 552 g/mol. The van der Waals surface area contributed by atoms with Crippen LogP contribution < -0.4 is 15.5 Å². The van der Waals surface area contributed by atoms with Crippen LogP contribution in [0, 0.1) is 11.7 Å². The van der Waals surface area contributed by atoms with Crippen molar-refractivity contribution in [2.45, 2.75) is 26.1 Å². The van der Waals surface area contributed by atoms with Gasteiger partial charge in [0.1, 0.15) is 18.5 Å². The van der Waals surface area contributed by atoms with Gasteiger partial charge in [-0.25, -0.2) is 4.39 Å². The maximum Gasteiger partial charge on any atom is 0.401 e. The van der Waals surface area contributed by atoms with E-state index in [1.165, 1.54) is 29.2 Å². The minimum atomic E-state index is -4.61. The number of ether oxygens (including phenoxy) is 1. The van der Waals surface area contributed by atoms with Crippen LogP contribution >= 0.6 is 22.9 Å². The van der Waals surface area contributed by atoms with Crippen LogP contribution in [0.2, 0.25) is 4.34 Å². The van der Waals surface area contributed by atoms with E-state index >= 15 is 0 Å². The molecule has 8 nitrogen and oxygen atoms in total. The first-order valence-corrected chi connectivity index (χ1v) is 12.9. The van der Waals surface area contributed by atoms with Gasteiger partial charge in [0.2, 0.25) is 5.91 Å². The van der Waals surface area contributed by atoms with E-state index in [4.69, 9.17) is 16.3 Å². The van der Waals surface area contributed by atoms with Gasteiger partial charge >= 0.3 is 6.18 Å². The van der Waals surface area contributed by atoms with E-state index in [0.29, 0.717) is 4.34 Å². The molecule has 208 valence electrons. The van der Waals surface area contributed by atoms with E-state index in [0.717, 1.165) is 22.3 Å². The highest BCUT2D eigenvalue weighted by molar-refractivity contribution is 7.18. The highest BCUT2D eigenvalue weighted by atomic mass is 35.5. The molecule has 2 N–H and O–H groups in total. The summed E-state index contributed by atoms with van der Waals surface area (Å²) in [5, 5.41) is 4.95. The maximum absolute atomic E-state index is 14.8. The first-order chi connectivity index (χ1) is 17.8. The summed E-state index contributed by atoms with van der Waals surface area (Å²) in [5.41, 5.74) is -0.0249. The molecule has 0 spiro atoms. The average molecular weight is 579 g/mol. The fourth-order valence-electron chi connectivity index (χ4n) is 3.90. The van der Waals surface area contributed by atoms with E-state index in [-0.39, 0.29) is 48.5 Å². The summed E-state index contributed by atoms with van der Waals surface area (Å²) >= 11 is 6.84. The van der Waals surface area contributed by atoms with Gasteiger partial charge in [0, 0.05) is 25.3 Å². The zero-order valence-corrected chi connectivity index (χ0v) is 22.2. The van der Waals surface area contributed by atoms with Crippen molar-refractivity contribution in [1.29, 1.82) is 0 Å². The molecule has 1 atom stereocenters. The Morgan fingerprint density at radius 3 is 2.55 bits per heavy atom. The number of halogens is 5. The van der Waals surface area contributed by atoms with Crippen LogP contribution in [0.25, 0.3) is 0 Å². The van der Waals surface area contributed by atoms with E-state index in [1.807, 2.05) is 0 Å². The lowest BCUT2D eigenvalue weighted by Crippen LogP contribution is -2.54. The highest BCUT2D eigenvalue weighted by Gasteiger charge is 2.37. The minimum absolute atomic E-state index is 0.00627. The third-order valence-corrected chi connectivity index (χ3v) is 6.70. The number of nitrogens with one attached hydrogen (secondary N) is 2. The fourth-order valence-corrected chi connectivity index (χ4v) is 4.86. The van der Waals surface area contributed by atoms with E-state index in [1.54, 1.807) is 13.8 Å². The SMILES string of the molecule is CC(C)CN(CC(F)(F)F)[C@@H](CNC(=O)c1ccc(Cl)s1)C(=O)Nc1ccc(N2CCOCC2=O)c(F)c1. The molecule has 1 fully saturated rings. The van der Waals surface area contributed by atoms with Gasteiger partial charge in [-0.15, -0.1) is 11.3 Å². The Balaban J connectivity index is 1.81. The fraction of sp³-hybridized carbons (Fsp3) is 0.458. The van der Waals surface area contributed by atoms with Gasteiger partial charge in [0.15, 0.2) is 0 Å². The van der Waals surface area contributed by atoms with Crippen molar-refractivity contribution in [2.75, 3.05) is 49.6 Å². The quantitative estimate of drug-likeness (QED) is 0.413. The highest BCUT2D eigenvalue weighted by Crippen LogP contribution is 2.26. The Morgan fingerprint density at radius 1 is 1.24 bits per heavy atom. The Kier molecular flexibility index (Phi) is 10.1. The van der Waals surface area contributed by atoms with Crippen molar-refractivity contribution in [2.24, 2.45) is 5.92 Å². The molecule has 0 aliphatic carbocycles. The smallest absolute Gasteiger partial charge is 0.370 e. The molecular formula is C24H27ClF4N4O4S. The van der Waals surface area contributed by atoms with Crippen molar-refractivity contribution in [3.05, 3.63) is 45.4 Å². The van der Waals surface area contributed by atoms with Crippen molar-refractivity contribution >= 4 is 52.0 Å². The maximum atomic E-state index is 14.8. The number of alkyl halides is 3. The van der Waals surface area contributed by atoms with Crippen LogP contribution in [0.4, 0.5) is 28.9 Å². The lowest BCUT2D eigenvalue weighted by atomic mass is 10.1. The standard InChI is InChI=1S/C24H27ClF4N4O4S/c1-14(2)11-32(13-24(27,28)29)18(10-30-23(36)19-5-6-20(25)38-19)22(35)31-15-3-4-17(16(26)9-15)33-7-8-37-12-21(33)34/h3-6,9,14,18H,7-8,10-13H2,1-2H3,(H,30,36)(H,31,35)/t18-/m0/s1. The Morgan fingerprint density at radius 2 is 1.97 bits per heavy atom. The van der Waals surface area contributed by atoms with Gasteiger partial charge in [0.05, 0.1) is 28.1 Å². The molecule has 3 amide bonds. The van der Waals surface area contributed by atoms with E-state index in [9.17, 15) is 31.9 Å². The van der Waals surface area contributed by atoms with Crippen molar-refractivity contribution in [3.63, 3.8) is 0 Å². The number of rotatable bonds is 10. The number of hydrogen-bond donors (Lipinski definition) is 2. The van der Waals surface area contributed by atoms with Gasteiger partial charge in [-0.1, -0.05) is 25.4 Å². The van der Waals surface area contributed by atoms with Crippen molar-refractivity contribution < 1.29 is 36.7 Å². The monoisotopic (exact) mass is 578 g/mol. The van der Waals surface area contributed by atoms with Gasteiger partial charge in [-0.2, -0.15) is 13.2 Å². The number of benzene rings is 1. The third kappa shape index (κ3) is 8.38. The van der Waals surface area contributed by atoms with Crippen LogP contribution in [0.1, 0.15) is 23.5 Å². The van der Waals surface area contributed by atoms with Crippen LogP contribution in [0.5, 0.6) is 0 Å². The largest absolute Gasteiger partial charge is 0.401 e. The molecule has 14 heteroatoms. The molecule has 0 unspecified atom stereocenters. The molecule has 1 aliphatic heterocycles. The zero-order valence-electron chi connectivity index (χ0n) is 20.6. The normalized spacial score (nSPS) is 15.2. The van der Waals surface area contributed by atoms with Crippen molar-refractivity contribution in [3.8, 4) is 0 Å². The molecule has 0 bridgehead atoms. The van der Waals surface area contributed by atoms with E-state index < -0.39 is 48.8 Å². The molecule has 1 aromatic carbocycles. The average Bonchev–Trinajstić information content (AvgIpc) is 3.25. The predicted molar refractivity (Wildman–Crippen MR) is 136 cm³/mol. The van der Waals surface area contributed by atoms with E-state index in [2.05, 4.69) is 10.6 Å². The second-order valence-electron chi connectivity index (χ2n) is 9.02. The lowest BCUT2D eigenvalue weighted by Gasteiger charge is -2.33. The summed E-state index contributed by atoms with van der Waals surface area (Å²) < 4.78 is 60.5. The summed E-state index contributed by atoms with van der Waals surface area (Å²) in [4.78, 5) is 40.2. The van der Waals surface area contributed by atoms with Crippen LogP contribution in [0.15, 0.2) is 30.3 Å². The summed E-state index contributed by atoms with van der Waals surface area (Å²) in [6.45, 7) is 1.68. The summed E-state index contributed by atoms with van der Waals surface area (Å²) in [7, 11) is 0. The summed E-state index contributed by atoms with van der Waals surface area (Å²) in [5.74, 6) is -2.92. The number of amides is 3. The summed E-state index contributed by atoms with van der Waals surface area (Å²) in [6, 6.07) is 5.16. The van der Waals surface area contributed by atoms with Crippen LogP contribution in [-0.4, -0.2) is 74.2 Å². The van der Waals surface area contributed by atoms with Gasteiger partial charge in [-0.05, 0) is 36.2 Å². The number of carbonyl (C=O) groups excluding carboxylic acids is 3. The number of nitrogens with zero attached hydrogens (tertiary/aromatic N) is 2. The molecule has 2 heterocycles. The summed E-state index contributed by atoms with van der Waals surface area (Å²) in [6.07, 6.45) is -4.61. The second kappa shape index (κ2) is 12.9. The molecule has 1 aromatic heterocycles. The first kappa shape index (κ1) is 29.8. The predicted octanol–water partition coefficient (Wildman–Crippen LogP) is 4.16. The number of hydrogen-bond acceptors (Lipinski definition) is 6. The molecule has 1 aliphatic rings. The molecule has 2 aromatic rings. The third-order valence-electron chi connectivity index (χ3n) is 5.47. The number of thiophene rings is 1. The number of morpholine rings is 1. The Hall–Kier alpha value is -2.74. The molecule has 1 saturated heterocycles. The Bertz CT molecular complexity index is 1160. The Labute approximate surface area is 225 Å². The molecule has 0 saturated carbocycles. The van der Waals surface area contributed by atoms with Crippen molar-refractivity contribution in [1.82, 2.24) is 10.2 Å². The molecule has 3 rings (SSSR count). The first-order valence-electron chi connectivity index (χ1n) is 11.7.